The van der Waals surface area contributed by atoms with Gasteiger partial charge in [0, 0.05) is 10.9 Å². The molecule has 96 valence electrons. The monoisotopic (exact) mass is 271 g/mol. The molecule has 1 N–H and O–H groups in total. The molecule has 17 heavy (non-hydrogen) atoms. The van der Waals surface area contributed by atoms with Gasteiger partial charge in [0.05, 0.1) is 4.34 Å². The molecule has 1 heterocycles. The summed E-state index contributed by atoms with van der Waals surface area (Å²) in [5.41, 5.74) is 0. The van der Waals surface area contributed by atoms with Crippen molar-refractivity contribution in [3.63, 3.8) is 0 Å². The van der Waals surface area contributed by atoms with Crippen LogP contribution in [0.4, 0.5) is 0 Å². The van der Waals surface area contributed by atoms with Gasteiger partial charge in [0.25, 0.3) is 0 Å². The van der Waals surface area contributed by atoms with Crippen LogP contribution in [0.1, 0.15) is 43.9 Å². The predicted octanol–water partition coefficient (Wildman–Crippen LogP) is 4.50. The number of likely N-dealkylation sites (N-methyl/N-ethyl adjacent to an activating group) is 1. The lowest BCUT2D eigenvalue weighted by Gasteiger charge is -2.30. The van der Waals surface area contributed by atoms with Crippen LogP contribution in [-0.2, 0) is 6.42 Å². The van der Waals surface area contributed by atoms with Crippen LogP contribution in [-0.4, -0.2) is 12.6 Å². The van der Waals surface area contributed by atoms with Crippen LogP contribution in [0.2, 0.25) is 4.34 Å². The first kappa shape index (κ1) is 13.4. The van der Waals surface area contributed by atoms with Crippen molar-refractivity contribution in [3.05, 3.63) is 21.3 Å². The fourth-order valence-corrected chi connectivity index (χ4v) is 4.03. The van der Waals surface area contributed by atoms with Gasteiger partial charge in [0.2, 0.25) is 0 Å². The van der Waals surface area contributed by atoms with E-state index in [0.29, 0.717) is 6.04 Å². The van der Waals surface area contributed by atoms with E-state index in [4.69, 9.17) is 11.6 Å². The van der Waals surface area contributed by atoms with Gasteiger partial charge >= 0.3 is 0 Å². The van der Waals surface area contributed by atoms with E-state index in [1.807, 2.05) is 6.07 Å². The van der Waals surface area contributed by atoms with E-state index >= 15 is 0 Å². The maximum atomic E-state index is 6.00. The molecule has 0 aromatic carbocycles. The van der Waals surface area contributed by atoms with Crippen LogP contribution in [0, 0.1) is 5.92 Å². The molecule has 1 unspecified atom stereocenters. The average molecular weight is 272 g/mol. The van der Waals surface area contributed by atoms with E-state index in [0.717, 1.165) is 23.2 Å². The van der Waals surface area contributed by atoms with Crippen molar-refractivity contribution in [3.8, 4) is 0 Å². The molecule has 1 atom stereocenters. The van der Waals surface area contributed by atoms with Crippen LogP contribution >= 0.6 is 22.9 Å². The smallest absolute Gasteiger partial charge is 0.0931 e. The van der Waals surface area contributed by atoms with Gasteiger partial charge in [-0.1, -0.05) is 37.8 Å². The zero-order valence-corrected chi connectivity index (χ0v) is 12.1. The fraction of sp³-hybridized carbons (Fsp3) is 0.714. The van der Waals surface area contributed by atoms with Gasteiger partial charge < -0.3 is 5.32 Å². The van der Waals surface area contributed by atoms with E-state index in [2.05, 4.69) is 18.3 Å². The maximum Gasteiger partial charge on any atom is 0.0931 e. The minimum Gasteiger partial charge on any atom is -0.314 e. The Hall–Kier alpha value is -0.0500. The summed E-state index contributed by atoms with van der Waals surface area (Å²) in [6, 6.07) is 4.85. The highest BCUT2D eigenvalue weighted by Crippen LogP contribution is 2.30. The van der Waals surface area contributed by atoms with Gasteiger partial charge in [-0.3, -0.25) is 0 Å². The number of halogens is 1. The molecule has 0 aliphatic heterocycles. The Morgan fingerprint density at radius 3 is 2.71 bits per heavy atom. The number of rotatable bonds is 5. The molecular formula is C14H22ClNS. The molecule has 0 amide bonds. The largest absolute Gasteiger partial charge is 0.314 e. The van der Waals surface area contributed by atoms with Gasteiger partial charge in [-0.05, 0) is 43.9 Å². The lowest BCUT2D eigenvalue weighted by Crippen LogP contribution is -2.38. The Morgan fingerprint density at radius 1 is 1.35 bits per heavy atom. The third-order valence-corrected chi connectivity index (χ3v) is 4.99. The lowest BCUT2D eigenvalue weighted by atomic mass is 9.82. The second-order valence-electron chi connectivity index (χ2n) is 4.97. The van der Waals surface area contributed by atoms with Gasteiger partial charge in [0.15, 0.2) is 0 Å². The standard InChI is InChI=1S/C14H22ClNS/c1-2-16-13(11-6-4-3-5-7-11)10-12-8-9-14(15)17-12/h8-9,11,13,16H,2-7,10H2,1H3. The Morgan fingerprint density at radius 2 is 2.12 bits per heavy atom. The maximum absolute atomic E-state index is 6.00. The molecule has 1 fully saturated rings. The van der Waals surface area contributed by atoms with Crippen LogP contribution in [0.25, 0.3) is 0 Å². The second kappa shape index (κ2) is 6.77. The average Bonchev–Trinajstić information content (AvgIpc) is 2.75. The summed E-state index contributed by atoms with van der Waals surface area (Å²) >= 11 is 7.74. The predicted molar refractivity (Wildman–Crippen MR) is 77.1 cm³/mol. The van der Waals surface area contributed by atoms with E-state index in [1.165, 1.54) is 37.0 Å². The first-order valence-electron chi connectivity index (χ1n) is 6.77. The molecule has 2 rings (SSSR count). The van der Waals surface area contributed by atoms with E-state index in [-0.39, 0.29) is 0 Å². The second-order valence-corrected chi connectivity index (χ2v) is 6.77. The highest BCUT2D eigenvalue weighted by Gasteiger charge is 2.23. The molecule has 0 radical (unpaired) electrons. The van der Waals surface area contributed by atoms with Gasteiger partial charge in [0.1, 0.15) is 0 Å². The van der Waals surface area contributed by atoms with Crippen molar-refractivity contribution in [1.82, 2.24) is 5.32 Å². The van der Waals surface area contributed by atoms with Crippen molar-refractivity contribution in [2.24, 2.45) is 5.92 Å². The number of hydrogen-bond acceptors (Lipinski definition) is 2. The molecule has 1 aliphatic carbocycles. The third-order valence-electron chi connectivity index (χ3n) is 3.74. The molecule has 0 spiro atoms. The Bertz CT molecular complexity index is 331. The Balaban J connectivity index is 1.95. The normalized spacial score (nSPS) is 19.4. The Kier molecular flexibility index (Phi) is 5.33. The molecule has 0 saturated heterocycles. The number of nitrogens with one attached hydrogen (secondary N) is 1. The topological polar surface area (TPSA) is 12.0 Å². The van der Waals surface area contributed by atoms with Crippen LogP contribution < -0.4 is 5.32 Å². The van der Waals surface area contributed by atoms with Crippen LogP contribution in [0.5, 0.6) is 0 Å². The van der Waals surface area contributed by atoms with Crippen molar-refractivity contribution in [2.75, 3.05) is 6.54 Å². The van der Waals surface area contributed by atoms with E-state index in [9.17, 15) is 0 Å². The quantitative estimate of drug-likeness (QED) is 0.831. The zero-order valence-electron chi connectivity index (χ0n) is 10.5. The van der Waals surface area contributed by atoms with E-state index in [1.54, 1.807) is 11.3 Å². The minimum atomic E-state index is 0.648. The molecule has 1 aromatic rings. The molecule has 1 nitrogen and oxygen atoms in total. The SMILES string of the molecule is CCNC(Cc1ccc(Cl)s1)C1CCCCC1. The number of thiophene rings is 1. The van der Waals surface area contributed by atoms with Gasteiger partial charge in [-0.2, -0.15) is 0 Å². The van der Waals surface area contributed by atoms with Crippen LogP contribution in [0.3, 0.4) is 0 Å². The van der Waals surface area contributed by atoms with Gasteiger partial charge in [-0.25, -0.2) is 0 Å². The molecule has 1 saturated carbocycles. The first-order chi connectivity index (χ1) is 8.29. The first-order valence-corrected chi connectivity index (χ1v) is 7.96. The highest BCUT2D eigenvalue weighted by atomic mass is 35.5. The number of hydrogen-bond donors (Lipinski definition) is 1. The highest BCUT2D eigenvalue weighted by molar-refractivity contribution is 7.16. The summed E-state index contributed by atoms with van der Waals surface area (Å²) < 4.78 is 0.916. The summed E-state index contributed by atoms with van der Waals surface area (Å²) in [7, 11) is 0. The molecular weight excluding hydrogens is 250 g/mol. The van der Waals surface area contributed by atoms with Gasteiger partial charge in [-0.15, -0.1) is 11.3 Å². The van der Waals surface area contributed by atoms with Crippen LogP contribution in [0.15, 0.2) is 12.1 Å². The van der Waals surface area contributed by atoms with Crippen molar-refractivity contribution in [2.45, 2.75) is 51.5 Å². The van der Waals surface area contributed by atoms with Crippen molar-refractivity contribution < 1.29 is 0 Å². The minimum absolute atomic E-state index is 0.648. The molecule has 3 heteroatoms. The summed E-state index contributed by atoms with van der Waals surface area (Å²) in [6.07, 6.45) is 8.21. The Labute approximate surface area is 114 Å². The van der Waals surface area contributed by atoms with Crippen molar-refractivity contribution in [1.29, 1.82) is 0 Å². The molecule has 1 aromatic heterocycles. The lowest BCUT2D eigenvalue weighted by molar-refractivity contribution is 0.270. The molecule has 1 aliphatic rings. The van der Waals surface area contributed by atoms with E-state index < -0.39 is 0 Å². The zero-order chi connectivity index (χ0) is 12.1. The molecule has 0 bridgehead atoms. The van der Waals surface area contributed by atoms with Crippen molar-refractivity contribution >= 4 is 22.9 Å². The third kappa shape index (κ3) is 3.97. The fourth-order valence-electron chi connectivity index (χ4n) is 2.88. The summed E-state index contributed by atoms with van der Waals surface area (Å²) in [5.74, 6) is 0.865. The summed E-state index contributed by atoms with van der Waals surface area (Å²) in [4.78, 5) is 1.42. The summed E-state index contributed by atoms with van der Waals surface area (Å²) in [5, 5.41) is 3.67. The summed E-state index contributed by atoms with van der Waals surface area (Å²) in [6.45, 7) is 3.28.